The normalized spacial score (nSPS) is 21.4. The molecule has 1 atom stereocenters. The number of rotatable bonds is 6. The summed E-state index contributed by atoms with van der Waals surface area (Å²) < 4.78 is 28.1. The fourth-order valence-corrected chi connectivity index (χ4v) is 6.10. The molecule has 1 N–H and O–H groups in total. The lowest BCUT2D eigenvalue weighted by Gasteiger charge is -2.32. The number of sulfonamides is 1. The highest BCUT2D eigenvalue weighted by Gasteiger charge is 2.30. The summed E-state index contributed by atoms with van der Waals surface area (Å²) in [6, 6.07) is 7.33. The molecule has 0 radical (unpaired) electrons. The van der Waals surface area contributed by atoms with Gasteiger partial charge in [-0.3, -0.25) is 4.99 Å². The van der Waals surface area contributed by atoms with E-state index in [2.05, 4.69) is 34.0 Å². The van der Waals surface area contributed by atoms with Crippen molar-refractivity contribution in [3.63, 3.8) is 0 Å². The van der Waals surface area contributed by atoms with Crippen LogP contribution in [-0.2, 0) is 16.6 Å². The van der Waals surface area contributed by atoms with Gasteiger partial charge in [-0.1, -0.05) is 32.0 Å². The first-order chi connectivity index (χ1) is 14.3. The molecule has 0 bridgehead atoms. The van der Waals surface area contributed by atoms with Crippen LogP contribution in [0.15, 0.2) is 34.2 Å². The molecule has 7 nitrogen and oxygen atoms in total. The van der Waals surface area contributed by atoms with E-state index in [1.54, 1.807) is 23.5 Å². The number of piperazine rings is 1. The number of hydrogen-bond acceptors (Lipinski definition) is 4. The summed E-state index contributed by atoms with van der Waals surface area (Å²) >= 11 is 0. The van der Waals surface area contributed by atoms with E-state index in [0.29, 0.717) is 36.4 Å². The van der Waals surface area contributed by atoms with Crippen LogP contribution in [0.2, 0.25) is 0 Å². The van der Waals surface area contributed by atoms with E-state index in [4.69, 9.17) is 0 Å². The van der Waals surface area contributed by atoms with Crippen LogP contribution in [0.5, 0.6) is 0 Å². The van der Waals surface area contributed by atoms with Gasteiger partial charge in [0.25, 0.3) is 0 Å². The highest BCUT2D eigenvalue weighted by molar-refractivity contribution is 14.0. The quantitative estimate of drug-likeness (QED) is 0.328. The first kappa shape index (κ1) is 26.3. The second kappa shape index (κ2) is 11.8. The SMILES string of the molecule is CN=C(NCc1ccccc1S(=O)(=O)N1CCN(C)CC1)N1CCC(CC(C)C)C1.I. The van der Waals surface area contributed by atoms with Crippen molar-refractivity contribution >= 4 is 40.0 Å². The third-order valence-electron chi connectivity index (χ3n) is 6.09. The zero-order valence-electron chi connectivity index (χ0n) is 19.2. The molecule has 176 valence electrons. The van der Waals surface area contributed by atoms with Gasteiger partial charge in [-0.25, -0.2) is 8.42 Å². The monoisotopic (exact) mass is 563 g/mol. The van der Waals surface area contributed by atoms with Crippen molar-refractivity contribution < 1.29 is 8.42 Å². The Morgan fingerprint density at radius 3 is 2.48 bits per heavy atom. The molecule has 3 rings (SSSR count). The van der Waals surface area contributed by atoms with Gasteiger partial charge in [-0.15, -0.1) is 24.0 Å². The topological polar surface area (TPSA) is 68.2 Å². The van der Waals surface area contributed by atoms with Gasteiger partial charge < -0.3 is 15.1 Å². The lowest BCUT2D eigenvalue weighted by molar-refractivity contribution is 0.222. The van der Waals surface area contributed by atoms with E-state index < -0.39 is 10.0 Å². The zero-order chi connectivity index (χ0) is 21.7. The average Bonchev–Trinajstić information content (AvgIpc) is 3.16. The highest BCUT2D eigenvalue weighted by Crippen LogP contribution is 2.24. The first-order valence-electron chi connectivity index (χ1n) is 11.0. The van der Waals surface area contributed by atoms with Gasteiger partial charge in [0.15, 0.2) is 5.96 Å². The summed E-state index contributed by atoms with van der Waals surface area (Å²) in [5, 5.41) is 3.41. The van der Waals surface area contributed by atoms with Crippen molar-refractivity contribution in [1.29, 1.82) is 0 Å². The third-order valence-corrected chi connectivity index (χ3v) is 8.09. The smallest absolute Gasteiger partial charge is 0.243 e. The van der Waals surface area contributed by atoms with Crippen LogP contribution >= 0.6 is 24.0 Å². The van der Waals surface area contributed by atoms with Crippen molar-refractivity contribution in [1.82, 2.24) is 19.4 Å². The minimum absolute atomic E-state index is 0. The number of guanidine groups is 1. The molecule has 2 aliphatic rings. The molecule has 31 heavy (non-hydrogen) atoms. The van der Waals surface area contributed by atoms with Gasteiger partial charge in [0.2, 0.25) is 10.0 Å². The first-order valence-corrected chi connectivity index (χ1v) is 12.5. The summed E-state index contributed by atoms with van der Waals surface area (Å²) in [4.78, 5) is 9.31. The van der Waals surface area contributed by atoms with E-state index in [1.807, 2.05) is 19.2 Å². The molecule has 9 heteroatoms. The Morgan fingerprint density at radius 2 is 1.84 bits per heavy atom. The number of likely N-dealkylation sites (N-methyl/N-ethyl adjacent to an activating group) is 1. The maximum atomic E-state index is 13.3. The van der Waals surface area contributed by atoms with Gasteiger partial charge >= 0.3 is 0 Å². The van der Waals surface area contributed by atoms with E-state index in [1.165, 1.54) is 12.8 Å². The van der Waals surface area contributed by atoms with E-state index in [-0.39, 0.29) is 24.0 Å². The standard InChI is InChI=1S/C22H37N5O2S.HI/c1-18(2)15-19-9-10-26(17-19)22(23-3)24-16-20-7-5-6-8-21(20)30(28,29)27-13-11-25(4)12-14-27;/h5-8,18-19H,9-17H2,1-4H3,(H,23,24);1H. The summed E-state index contributed by atoms with van der Waals surface area (Å²) in [5.41, 5.74) is 0.788. The predicted octanol–water partition coefficient (Wildman–Crippen LogP) is 2.68. The fraction of sp³-hybridized carbons (Fsp3) is 0.682. The Morgan fingerprint density at radius 1 is 1.16 bits per heavy atom. The van der Waals surface area contributed by atoms with Crippen molar-refractivity contribution in [2.24, 2.45) is 16.8 Å². The summed E-state index contributed by atoms with van der Waals surface area (Å²) in [6.45, 7) is 9.59. The van der Waals surface area contributed by atoms with Gasteiger partial charge in [-0.05, 0) is 43.4 Å². The van der Waals surface area contributed by atoms with Crippen LogP contribution in [0.25, 0.3) is 0 Å². The molecule has 2 heterocycles. The molecule has 1 aromatic carbocycles. The lowest BCUT2D eigenvalue weighted by Crippen LogP contribution is -2.47. The number of benzene rings is 1. The maximum Gasteiger partial charge on any atom is 0.243 e. The predicted molar refractivity (Wildman–Crippen MR) is 137 cm³/mol. The lowest BCUT2D eigenvalue weighted by atomic mass is 9.97. The molecule has 0 amide bonds. The van der Waals surface area contributed by atoms with Gasteiger partial charge in [0.05, 0.1) is 4.90 Å². The molecule has 2 aliphatic heterocycles. The molecule has 0 saturated carbocycles. The number of likely N-dealkylation sites (tertiary alicyclic amines) is 1. The number of nitrogens with one attached hydrogen (secondary N) is 1. The van der Waals surface area contributed by atoms with Crippen LogP contribution in [0, 0.1) is 11.8 Å². The van der Waals surface area contributed by atoms with Crippen molar-refractivity contribution in [2.75, 3.05) is 53.4 Å². The zero-order valence-corrected chi connectivity index (χ0v) is 22.4. The van der Waals surface area contributed by atoms with Gasteiger partial charge in [0, 0.05) is 52.9 Å². The molecule has 2 saturated heterocycles. The second-order valence-corrected chi connectivity index (χ2v) is 10.9. The Hall–Kier alpha value is -0.910. The van der Waals surface area contributed by atoms with E-state index in [9.17, 15) is 8.42 Å². The molecule has 0 spiro atoms. The molecular formula is C22H38IN5O2S. The Labute approximate surface area is 205 Å². The van der Waals surface area contributed by atoms with Crippen molar-refractivity contribution in [3.8, 4) is 0 Å². The molecule has 2 fully saturated rings. The van der Waals surface area contributed by atoms with Crippen LogP contribution < -0.4 is 5.32 Å². The number of aliphatic imine (C=N–C) groups is 1. The number of nitrogens with zero attached hydrogens (tertiary/aromatic N) is 4. The van der Waals surface area contributed by atoms with Crippen LogP contribution in [0.3, 0.4) is 0 Å². The molecule has 1 aromatic rings. The summed E-state index contributed by atoms with van der Waals surface area (Å²) in [7, 11) is 0.323. The minimum atomic E-state index is -3.50. The van der Waals surface area contributed by atoms with Crippen molar-refractivity contribution in [2.45, 2.75) is 38.1 Å². The number of halogens is 1. The molecule has 0 aromatic heterocycles. The minimum Gasteiger partial charge on any atom is -0.352 e. The second-order valence-electron chi connectivity index (χ2n) is 8.95. The highest BCUT2D eigenvalue weighted by atomic mass is 127. The number of hydrogen-bond donors (Lipinski definition) is 1. The Balaban J connectivity index is 0.00000341. The average molecular weight is 564 g/mol. The van der Waals surface area contributed by atoms with E-state index >= 15 is 0 Å². The van der Waals surface area contributed by atoms with Crippen LogP contribution in [0.1, 0.15) is 32.3 Å². The molecule has 1 unspecified atom stereocenters. The van der Waals surface area contributed by atoms with Crippen molar-refractivity contribution in [3.05, 3.63) is 29.8 Å². The van der Waals surface area contributed by atoms with Crippen LogP contribution in [0.4, 0.5) is 0 Å². The van der Waals surface area contributed by atoms with Crippen LogP contribution in [-0.4, -0.2) is 81.8 Å². The van der Waals surface area contributed by atoms with Gasteiger partial charge in [0.1, 0.15) is 0 Å². The van der Waals surface area contributed by atoms with E-state index in [0.717, 1.165) is 37.7 Å². The third kappa shape index (κ3) is 6.79. The largest absolute Gasteiger partial charge is 0.352 e. The molecular weight excluding hydrogens is 525 g/mol. The maximum absolute atomic E-state index is 13.3. The molecule has 0 aliphatic carbocycles. The summed E-state index contributed by atoms with van der Waals surface area (Å²) in [5.74, 6) is 2.26. The summed E-state index contributed by atoms with van der Waals surface area (Å²) in [6.07, 6.45) is 2.42. The fourth-order valence-electron chi connectivity index (χ4n) is 4.46. The van der Waals surface area contributed by atoms with Gasteiger partial charge in [-0.2, -0.15) is 4.31 Å². The Bertz CT molecular complexity index is 838. The Kier molecular flexibility index (Phi) is 10.0.